The molecular weight excluding hydrogens is 364 g/mol. The molecule has 1 aromatic rings. The fourth-order valence-electron chi connectivity index (χ4n) is 3.39. The second-order valence-electron chi connectivity index (χ2n) is 6.43. The van der Waals surface area contributed by atoms with Gasteiger partial charge in [-0.1, -0.05) is 6.07 Å². The Morgan fingerprint density at radius 1 is 1.17 bits per heavy atom. The molecule has 1 amide bonds. The van der Waals surface area contributed by atoms with Crippen molar-refractivity contribution in [2.75, 3.05) is 38.2 Å². The molecule has 0 saturated carbocycles. The van der Waals surface area contributed by atoms with E-state index in [-0.39, 0.29) is 11.8 Å². The number of piperidine rings is 1. The lowest BCUT2D eigenvalue weighted by Gasteiger charge is -2.32. The Morgan fingerprint density at radius 3 is 2.54 bits per heavy atom. The number of thiophene rings is 1. The van der Waals surface area contributed by atoms with Crippen LogP contribution in [0.4, 0.5) is 0 Å². The van der Waals surface area contributed by atoms with Gasteiger partial charge in [-0.15, -0.1) is 11.3 Å². The summed E-state index contributed by atoms with van der Waals surface area (Å²) < 4.78 is 24.7. The molecule has 3 heterocycles. The highest BCUT2D eigenvalue weighted by Crippen LogP contribution is 2.37. The average molecular weight is 389 g/mol. The van der Waals surface area contributed by atoms with Crippen LogP contribution in [0.2, 0.25) is 0 Å². The van der Waals surface area contributed by atoms with Crippen LogP contribution in [0.3, 0.4) is 0 Å². The highest BCUT2D eigenvalue weighted by atomic mass is 32.2. The SMILES string of the molecule is CS(=O)(=O)N1CCC(C(=O)N2CCS[C@H](c3cccs3)CC2)CC1. The molecular formula is C16H24N2O3S3. The predicted molar refractivity (Wildman–Crippen MR) is 99.9 cm³/mol. The van der Waals surface area contributed by atoms with Gasteiger partial charge in [0.05, 0.1) is 6.26 Å². The third-order valence-electron chi connectivity index (χ3n) is 4.79. The monoisotopic (exact) mass is 388 g/mol. The number of hydrogen-bond acceptors (Lipinski definition) is 5. The summed E-state index contributed by atoms with van der Waals surface area (Å²) in [7, 11) is -3.13. The van der Waals surface area contributed by atoms with Gasteiger partial charge in [0.2, 0.25) is 15.9 Å². The van der Waals surface area contributed by atoms with Crippen LogP contribution in [0.15, 0.2) is 17.5 Å². The fraction of sp³-hybridized carbons (Fsp3) is 0.688. The maximum absolute atomic E-state index is 12.8. The highest BCUT2D eigenvalue weighted by Gasteiger charge is 2.32. The van der Waals surface area contributed by atoms with E-state index in [0.29, 0.717) is 31.2 Å². The predicted octanol–water partition coefficient (Wildman–Crippen LogP) is 2.43. The minimum Gasteiger partial charge on any atom is -0.342 e. The van der Waals surface area contributed by atoms with Gasteiger partial charge in [0.1, 0.15) is 0 Å². The van der Waals surface area contributed by atoms with Gasteiger partial charge in [0.15, 0.2) is 0 Å². The van der Waals surface area contributed by atoms with E-state index < -0.39 is 10.0 Å². The van der Waals surface area contributed by atoms with Gasteiger partial charge in [-0.05, 0) is 30.7 Å². The number of hydrogen-bond donors (Lipinski definition) is 0. The van der Waals surface area contributed by atoms with E-state index in [9.17, 15) is 13.2 Å². The molecule has 1 atom stereocenters. The maximum atomic E-state index is 12.8. The molecule has 0 aliphatic carbocycles. The summed E-state index contributed by atoms with van der Waals surface area (Å²) in [6.45, 7) is 2.55. The summed E-state index contributed by atoms with van der Waals surface area (Å²) >= 11 is 3.73. The molecule has 5 nitrogen and oxygen atoms in total. The molecule has 0 spiro atoms. The van der Waals surface area contributed by atoms with Gasteiger partial charge in [-0.2, -0.15) is 11.8 Å². The van der Waals surface area contributed by atoms with Crippen LogP contribution in [0, 0.1) is 5.92 Å². The zero-order valence-electron chi connectivity index (χ0n) is 13.9. The summed E-state index contributed by atoms with van der Waals surface area (Å²) in [4.78, 5) is 16.2. The lowest BCUT2D eigenvalue weighted by atomic mass is 9.96. The third-order valence-corrected chi connectivity index (χ3v) is 8.53. The van der Waals surface area contributed by atoms with E-state index in [1.54, 1.807) is 11.3 Å². The van der Waals surface area contributed by atoms with Crippen molar-refractivity contribution in [2.45, 2.75) is 24.5 Å². The summed E-state index contributed by atoms with van der Waals surface area (Å²) in [6.07, 6.45) is 3.53. The van der Waals surface area contributed by atoms with Crippen molar-refractivity contribution in [3.8, 4) is 0 Å². The molecule has 2 aliphatic rings. The number of sulfonamides is 1. The number of carbonyl (C=O) groups is 1. The Morgan fingerprint density at radius 2 is 1.92 bits per heavy atom. The number of thioether (sulfide) groups is 1. The van der Waals surface area contributed by atoms with E-state index in [1.807, 2.05) is 16.7 Å². The van der Waals surface area contributed by atoms with Gasteiger partial charge >= 0.3 is 0 Å². The van der Waals surface area contributed by atoms with Gasteiger partial charge in [0.25, 0.3) is 0 Å². The molecule has 0 radical (unpaired) electrons. The molecule has 0 aromatic carbocycles. The molecule has 24 heavy (non-hydrogen) atoms. The quantitative estimate of drug-likeness (QED) is 0.798. The normalized spacial score (nSPS) is 24.7. The Kier molecular flexibility index (Phi) is 5.89. The van der Waals surface area contributed by atoms with Crippen LogP contribution < -0.4 is 0 Å². The summed E-state index contributed by atoms with van der Waals surface area (Å²) in [5.74, 6) is 1.16. The zero-order valence-corrected chi connectivity index (χ0v) is 16.3. The van der Waals surface area contributed by atoms with E-state index in [2.05, 4.69) is 17.5 Å². The molecule has 0 N–H and O–H groups in total. The van der Waals surface area contributed by atoms with Crippen molar-refractivity contribution >= 4 is 39.0 Å². The Labute approximate surface area is 152 Å². The molecule has 1 aromatic heterocycles. The number of amides is 1. The standard InChI is InChI=1S/C16H24N2O3S3/c1-24(20,21)18-8-4-13(5-9-18)16(19)17-7-6-15(23-12-10-17)14-3-2-11-22-14/h2-3,11,13,15H,4-10,12H2,1H3/t15-/m0/s1. The van der Waals surface area contributed by atoms with Crippen LogP contribution in [0.25, 0.3) is 0 Å². The second kappa shape index (κ2) is 7.76. The van der Waals surface area contributed by atoms with Crippen LogP contribution in [0.1, 0.15) is 29.4 Å². The Bertz CT molecular complexity index is 652. The number of rotatable bonds is 3. The number of nitrogens with zero attached hydrogens (tertiary/aromatic N) is 2. The molecule has 134 valence electrons. The average Bonchev–Trinajstić information content (AvgIpc) is 2.98. The van der Waals surface area contributed by atoms with Crippen LogP contribution in [0.5, 0.6) is 0 Å². The van der Waals surface area contributed by atoms with Crippen molar-refractivity contribution in [1.29, 1.82) is 0 Å². The van der Waals surface area contributed by atoms with Crippen molar-refractivity contribution in [3.63, 3.8) is 0 Å². The minimum absolute atomic E-state index is 0.0220. The van der Waals surface area contributed by atoms with Gasteiger partial charge in [0, 0.05) is 48.0 Å². The Balaban J connectivity index is 1.54. The van der Waals surface area contributed by atoms with Crippen molar-refractivity contribution in [2.24, 2.45) is 5.92 Å². The highest BCUT2D eigenvalue weighted by molar-refractivity contribution is 7.99. The first-order valence-corrected chi connectivity index (χ1v) is 12.1. The second-order valence-corrected chi connectivity index (χ2v) is 10.7. The molecule has 0 bridgehead atoms. The third kappa shape index (κ3) is 4.33. The van der Waals surface area contributed by atoms with Crippen LogP contribution in [-0.2, 0) is 14.8 Å². The molecule has 2 aliphatic heterocycles. The van der Waals surface area contributed by atoms with Gasteiger partial charge in [-0.25, -0.2) is 12.7 Å². The maximum Gasteiger partial charge on any atom is 0.225 e. The zero-order chi connectivity index (χ0) is 17.2. The fourth-order valence-corrected chi connectivity index (χ4v) is 6.50. The van der Waals surface area contributed by atoms with Crippen LogP contribution >= 0.6 is 23.1 Å². The largest absolute Gasteiger partial charge is 0.342 e. The number of carbonyl (C=O) groups excluding carboxylic acids is 1. The first-order valence-electron chi connectivity index (χ1n) is 8.34. The molecule has 2 saturated heterocycles. The molecule has 3 rings (SSSR count). The van der Waals surface area contributed by atoms with E-state index in [4.69, 9.17) is 0 Å². The van der Waals surface area contributed by atoms with Crippen molar-refractivity contribution in [3.05, 3.63) is 22.4 Å². The first-order chi connectivity index (χ1) is 11.4. The Hall–Kier alpha value is -0.570. The molecule has 2 fully saturated rings. The van der Waals surface area contributed by atoms with E-state index >= 15 is 0 Å². The molecule has 0 unspecified atom stereocenters. The topological polar surface area (TPSA) is 57.7 Å². The van der Waals surface area contributed by atoms with Crippen LogP contribution in [-0.4, -0.2) is 61.7 Å². The van der Waals surface area contributed by atoms with Crippen molar-refractivity contribution in [1.82, 2.24) is 9.21 Å². The summed E-state index contributed by atoms with van der Waals surface area (Å²) in [5, 5.41) is 2.61. The van der Waals surface area contributed by atoms with Crippen molar-refractivity contribution < 1.29 is 13.2 Å². The lowest BCUT2D eigenvalue weighted by Crippen LogP contribution is -2.44. The summed E-state index contributed by atoms with van der Waals surface area (Å²) in [6, 6.07) is 4.27. The van der Waals surface area contributed by atoms with E-state index in [1.165, 1.54) is 15.4 Å². The van der Waals surface area contributed by atoms with E-state index in [0.717, 1.165) is 25.3 Å². The smallest absolute Gasteiger partial charge is 0.225 e. The first kappa shape index (κ1) is 18.2. The molecule has 8 heteroatoms. The van der Waals surface area contributed by atoms with Gasteiger partial charge < -0.3 is 4.90 Å². The summed E-state index contributed by atoms with van der Waals surface area (Å²) in [5.41, 5.74) is 0. The van der Waals surface area contributed by atoms with Gasteiger partial charge in [-0.3, -0.25) is 4.79 Å². The minimum atomic E-state index is -3.13. The lowest BCUT2D eigenvalue weighted by molar-refractivity contribution is -0.136.